The van der Waals surface area contributed by atoms with Crippen molar-refractivity contribution in [2.45, 2.75) is 19.4 Å². The molecule has 0 radical (unpaired) electrons. The van der Waals surface area contributed by atoms with Gasteiger partial charge in [-0.05, 0) is 6.07 Å². The van der Waals surface area contributed by atoms with E-state index in [1.54, 1.807) is 6.07 Å². The minimum Gasteiger partial charge on any atom is -0.480 e. The van der Waals surface area contributed by atoms with Crippen molar-refractivity contribution in [1.82, 2.24) is 15.3 Å². The maximum atomic E-state index is 10.8. The highest BCUT2D eigenvalue weighted by atomic mass is 16.4. The fourth-order valence-electron chi connectivity index (χ4n) is 1.06. The van der Waals surface area contributed by atoms with Gasteiger partial charge in [0.1, 0.15) is 11.9 Å². The number of carboxylic acids is 1. The summed E-state index contributed by atoms with van der Waals surface area (Å²) in [6.07, 6.45) is 3.12. The molecule has 0 aromatic carbocycles. The van der Waals surface area contributed by atoms with Crippen LogP contribution in [0.4, 0.5) is 0 Å². The molecule has 1 aromatic heterocycles. The summed E-state index contributed by atoms with van der Waals surface area (Å²) >= 11 is 0. The number of nitrogens with zero attached hydrogens (tertiary/aromatic N) is 2. The second-order valence-electron chi connectivity index (χ2n) is 2.96. The van der Waals surface area contributed by atoms with E-state index in [0.717, 1.165) is 0 Å². The number of amides is 1. The summed E-state index contributed by atoms with van der Waals surface area (Å²) in [4.78, 5) is 29.3. The van der Waals surface area contributed by atoms with Gasteiger partial charge in [-0.3, -0.25) is 4.79 Å². The summed E-state index contributed by atoms with van der Waals surface area (Å²) in [7, 11) is 0. The molecule has 0 spiro atoms. The smallest absolute Gasteiger partial charge is 0.326 e. The van der Waals surface area contributed by atoms with Crippen molar-refractivity contribution in [1.29, 1.82) is 0 Å². The van der Waals surface area contributed by atoms with Crippen molar-refractivity contribution in [2.24, 2.45) is 0 Å². The molecule has 6 heteroatoms. The molecule has 1 unspecified atom stereocenters. The highest BCUT2D eigenvalue weighted by Crippen LogP contribution is 1.96. The number of carboxylic acid groups (broad SMARTS) is 1. The van der Waals surface area contributed by atoms with E-state index in [1.807, 2.05) is 0 Å². The fourth-order valence-corrected chi connectivity index (χ4v) is 1.06. The van der Waals surface area contributed by atoms with E-state index < -0.39 is 17.9 Å². The highest BCUT2D eigenvalue weighted by Gasteiger charge is 2.19. The van der Waals surface area contributed by atoms with Crippen LogP contribution in [0.5, 0.6) is 0 Å². The van der Waals surface area contributed by atoms with Crippen molar-refractivity contribution in [3.05, 3.63) is 24.3 Å². The summed E-state index contributed by atoms with van der Waals surface area (Å²) < 4.78 is 0. The molecular weight excluding hydrogens is 198 g/mol. The molecule has 1 heterocycles. The lowest BCUT2D eigenvalue weighted by Gasteiger charge is -2.11. The SMILES string of the molecule is CC(=O)NC(Cc1ncccn1)C(=O)O. The van der Waals surface area contributed by atoms with Crippen LogP contribution in [0.3, 0.4) is 0 Å². The lowest BCUT2D eigenvalue weighted by atomic mass is 10.2. The molecule has 0 bridgehead atoms. The van der Waals surface area contributed by atoms with Gasteiger partial charge in [-0.2, -0.15) is 0 Å². The van der Waals surface area contributed by atoms with E-state index in [1.165, 1.54) is 19.3 Å². The monoisotopic (exact) mass is 209 g/mol. The number of aromatic nitrogens is 2. The molecule has 0 aliphatic rings. The molecule has 1 atom stereocenters. The Morgan fingerprint density at radius 2 is 2.07 bits per heavy atom. The van der Waals surface area contributed by atoms with Crippen LogP contribution in [0.2, 0.25) is 0 Å². The van der Waals surface area contributed by atoms with Gasteiger partial charge in [0, 0.05) is 25.7 Å². The van der Waals surface area contributed by atoms with Crippen molar-refractivity contribution >= 4 is 11.9 Å². The molecule has 0 aliphatic carbocycles. The van der Waals surface area contributed by atoms with Gasteiger partial charge in [0.15, 0.2) is 0 Å². The first kappa shape index (κ1) is 11.1. The number of rotatable bonds is 4. The first-order valence-electron chi connectivity index (χ1n) is 4.35. The van der Waals surface area contributed by atoms with Crippen LogP contribution >= 0.6 is 0 Å². The van der Waals surface area contributed by atoms with Gasteiger partial charge in [-0.1, -0.05) is 0 Å². The van der Waals surface area contributed by atoms with E-state index in [-0.39, 0.29) is 6.42 Å². The molecule has 1 rings (SSSR count). The molecule has 80 valence electrons. The summed E-state index contributed by atoms with van der Waals surface area (Å²) in [5.41, 5.74) is 0. The van der Waals surface area contributed by atoms with Crippen LogP contribution in [0.25, 0.3) is 0 Å². The van der Waals surface area contributed by atoms with Crippen LogP contribution < -0.4 is 5.32 Å². The maximum absolute atomic E-state index is 10.8. The molecule has 1 aromatic rings. The number of carbonyl (C=O) groups excluding carboxylic acids is 1. The minimum atomic E-state index is -1.10. The quantitative estimate of drug-likeness (QED) is 0.704. The second-order valence-corrected chi connectivity index (χ2v) is 2.96. The first-order chi connectivity index (χ1) is 7.09. The average Bonchev–Trinajstić information content (AvgIpc) is 2.17. The molecule has 2 N–H and O–H groups in total. The van der Waals surface area contributed by atoms with Gasteiger partial charge in [0.05, 0.1) is 0 Å². The van der Waals surface area contributed by atoms with E-state index in [4.69, 9.17) is 5.11 Å². The standard InChI is InChI=1S/C9H11N3O3/c1-6(13)12-7(9(14)15)5-8-10-3-2-4-11-8/h2-4,7H,5H2,1H3,(H,12,13)(H,14,15). The minimum absolute atomic E-state index is 0.0791. The summed E-state index contributed by atoms with van der Waals surface area (Å²) in [6, 6.07) is 0.655. The Kier molecular flexibility index (Phi) is 3.73. The zero-order valence-corrected chi connectivity index (χ0v) is 8.17. The Morgan fingerprint density at radius 3 is 2.53 bits per heavy atom. The Labute approximate surface area is 86.4 Å². The van der Waals surface area contributed by atoms with Crippen LogP contribution in [0.15, 0.2) is 18.5 Å². The van der Waals surface area contributed by atoms with Gasteiger partial charge in [0.2, 0.25) is 5.91 Å². The predicted molar refractivity (Wildman–Crippen MR) is 51.0 cm³/mol. The van der Waals surface area contributed by atoms with Crippen LogP contribution in [0.1, 0.15) is 12.7 Å². The summed E-state index contributed by atoms with van der Waals surface area (Å²) in [5, 5.41) is 11.1. The van der Waals surface area contributed by atoms with Gasteiger partial charge < -0.3 is 10.4 Å². The average molecular weight is 209 g/mol. The van der Waals surface area contributed by atoms with Crippen molar-refractivity contribution in [3.8, 4) is 0 Å². The molecule has 0 saturated heterocycles. The first-order valence-corrected chi connectivity index (χ1v) is 4.35. The zero-order chi connectivity index (χ0) is 11.3. The third-order valence-electron chi connectivity index (χ3n) is 1.68. The Hall–Kier alpha value is -1.98. The van der Waals surface area contributed by atoms with Crippen LogP contribution in [-0.2, 0) is 16.0 Å². The topological polar surface area (TPSA) is 92.2 Å². The molecule has 0 saturated carbocycles. The molecular formula is C9H11N3O3. The summed E-state index contributed by atoms with van der Waals surface area (Å²) in [5.74, 6) is -1.10. The maximum Gasteiger partial charge on any atom is 0.326 e. The predicted octanol–water partition coefficient (Wildman–Crippen LogP) is -0.392. The summed E-state index contributed by atoms with van der Waals surface area (Å²) in [6.45, 7) is 1.27. The number of carbonyl (C=O) groups is 2. The van der Waals surface area contributed by atoms with Crippen molar-refractivity contribution < 1.29 is 14.7 Å². The molecule has 1 amide bonds. The Bertz CT molecular complexity index is 353. The number of hydrogen-bond donors (Lipinski definition) is 2. The number of nitrogens with one attached hydrogen (secondary N) is 1. The number of hydrogen-bond acceptors (Lipinski definition) is 4. The van der Waals surface area contributed by atoms with Gasteiger partial charge >= 0.3 is 5.97 Å². The van der Waals surface area contributed by atoms with E-state index in [0.29, 0.717) is 5.82 Å². The lowest BCUT2D eigenvalue weighted by Crippen LogP contribution is -2.41. The Balaban J connectivity index is 2.67. The largest absolute Gasteiger partial charge is 0.480 e. The van der Waals surface area contributed by atoms with Gasteiger partial charge in [-0.15, -0.1) is 0 Å². The molecule has 0 aliphatic heterocycles. The zero-order valence-electron chi connectivity index (χ0n) is 8.17. The van der Waals surface area contributed by atoms with Gasteiger partial charge in [0.25, 0.3) is 0 Å². The second kappa shape index (κ2) is 5.04. The van der Waals surface area contributed by atoms with E-state index in [2.05, 4.69) is 15.3 Å². The molecule has 0 fully saturated rings. The Morgan fingerprint density at radius 1 is 1.47 bits per heavy atom. The van der Waals surface area contributed by atoms with Crippen LogP contribution in [0, 0.1) is 0 Å². The third kappa shape index (κ3) is 3.72. The van der Waals surface area contributed by atoms with Crippen LogP contribution in [-0.4, -0.2) is 33.0 Å². The molecule has 15 heavy (non-hydrogen) atoms. The highest BCUT2D eigenvalue weighted by molar-refractivity contribution is 5.82. The number of aliphatic carboxylic acids is 1. The fraction of sp³-hybridized carbons (Fsp3) is 0.333. The van der Waals surface area contributed by atoms with Crippen molar-refractivity contribution in [2.75, 3.05) is 0 Å². The lowest BCUT2D eigenvalue weighted by molar-refractivity contribution is -0.141. The normalized spacial score (nSPS) is 11.8. The van der Waals surface area contributed by atoms with E-state index in [9.17, 15) is 9.59 Å². The molecule has 6 nitrogen and oxygen atoms in total. The third-order valence-corrected chi connectivity index (χ3v) is 1.68. The van der Waals surface area contributed by atoms with Gasteiger partial charge in [-0.25, -0.2) is 14.8 Å². The van der Waals surface area contributed by atoms with E-state index >= 15 is 0 Å². The van der Waals surface area contributed by atoms with Crippen molar-refractivity contribution in [3.63, 3.8) is 0 Å².